The molecular weight excluding hydrogens is 273 g/mol. The van der Waals surface area contributed by atoms with Crippen LogP contribution in [0.25, 0.3) is 0 Å². The molecule has 1 aliphatic carbocycles. The number of hydrogen-bond donors (Lipinski definition) is 2. The summed E-state index contributed by atoms with van der Waals surface area (Å²) < 4.78 is 0. The van der Waals surface area contributed by atoms with E-state index in [4.69, 9.17) is 7.85 Å². The van der Waals surface area contributed by atoms with Gasteiger partial charge < -0.3 is 10.6 Å². The summed E-state index contributed by atoms with van der Waals surface area (Å²) >= 11 is 0. The van der Waals surface area contributed by atoms with Crippen molar-refractivity contribution in [3.05, 3.63) is 47.7 Å². The normalized spacial score (nSPS) is 14.2. The van der Waals surface area contributed by atoms with Gasteiger partial charge in [-0.05, 0) is 48.1 Å². The van der Waals surface area contributed by atoms with Crippen LogP contribution in [0.1, 0.15) is 41.1 Å². The number of nitrogens with one attached hydrogen (secondary N) is 2. The van der Waals surface area contributed by atoms with Crippen molar-refractivity contribution >= 4 is 30.7 Å². The monoisotopic (exact) mass is 291 g/mol. The molecule has 3 rings (SSSR count). The van der Waals surface area contributed by atoms with Gasteiger partial charge in [0.2, 0.25) is 0 Å². The summed E-state index contributed by atoms with van der Waals surface area (Å²) in [5.74, 6) is 0.415. The maximum Gasteiger partial charge on any atom is 0.253 e. The fraction of sp³-hybridized carbons (Fsp3) is 0.294. The zero-order valence-electron chi connectivity index (χ0n) is 12.6. The van der Waals surface area contributed by atoms with Gasteiger partial charge in [0.05, 0.1) is 11.3 Å². The van der Waals surface area contributed by atoms with Gasteiger partial charge in [-0.25, -0.2) is 0 Å². The predicted octanol–water partition coefficient (Wildman–Crippen LogP) is 2.25. The minimum Gasteiger partial charge on any atom is -0.355 e. The second-order valence-electron chi connectivity index (χ2n) is 5.57. The molecule has 0 unspecified atom stereocenters. The van der Waals surface area contributed by atoms with Gasteiger partial charge >= 0.3 is 0 Å². The summed E-state index contributed by atoms with van der Waals surface area (Å²) in [5.41, 5.74) is 3.97. The van der Waals surface area contributed by atoms with Gasteiger partial charge in [0.1, 0.15) is 7.85 Å². The van der Waals surface area contributed by atoms with Crippen molar-refractivity contribution < 1.29 is 4.79 Å². The summed E-state index contributed by atoms with van der Waals surface area (Å²) in [5, 5.41) is 6.03. The van der Waals surface area contributed by atoms with E-state index in [0.717, 1.165) is 11.4 Å². The molecule has 1 aliphatic rings. The van der Waals surface area contributed by atoms with Gasteiger partial charge in [-0.2, -0.15) is 0 Å². The van der Waals surface area contributed by atoms with Crippen LogP contribution < -0.4 is 16.2 Å². The fourth-order valence-corrected chi connectivity index (χ4v) is 2.70. The second kappa shape index (κ2) is 6.22. The smallest absolute Gasteiger partial charge is 0.253 e. The van der Waals surface area contributed by atoms with Crippen LogP contribution in [0.4, 0.5) is 11.4 Å². The zero-order chi connectivity index (χ0) is 15.5. The summed E-state index contributed by atoms with van der Waals surface area (Å²) in [6, 6.07) is 9.29. The first kappa shape index (κ1) is 14.6. The fourth-order valence-electron chi connectivity index (χ4n) is 2.70. The molecule has 2 radical (unpaired) electrons. The largest absolute Gasteiger partial charge is 0.355 e. The maximum absolute atomic E-state index is 12.0. The highest BCUT2D eigenvalue weighted by molar-refractivity contribution is 6.31. The molecule has 0 bridgehead atoms. The van der Waals surface area contributed by atoms with Gasteiger partial charge in [0, 0.05) is 18.9 Å². The molecule has 4 nitrogen and oxygen atoms in total. The molecule has 1 fully saturated rings. The first-order valence-corrected chi connectivity index (χ1v) is 7.52. The molecule has 1 aromatic carbocycles. The van der Waals surface area contributed by atoms with Gasteiger partial charge in [-0.1, -0.05) is 18.6 Å². The molecule has 2 N–H and O–H groups in total. The molecule has 2 aromatic rings. The molecule has 0 spiro atoms. The van der Waals surface area contributed by atoms with Crippen molar-refractivity contribution in [2.24, 2.45) is 0 Å². The van der Waals surface area contributed by atoms with Crippen LogP contribution >= 0.6 is 0 Å². The first-order valence-electron chi connectivity index (χ1n) is 7.52. The number of nitrogens with zero attached hydrogens (tertiary/aromatic N) is 1. The van der Waals surface area contributed by atoms with Crippen molar-refractivity contribution in [1.29, 1.82) is 0 Å². The number of aromatic nitrogens is 1. The quantitative estimate of drug-likeness (QED) is 0.849. The Bertz CT molecular complexity index is 698. The molecule has 5 heteroatoms. The molecule has 0 saturated heterocycles. The lowest BCUT2D eigenvalue weighted by molar-refractivity contribution is 0.0964. The standard InChI is InChI=1S/C17H18BN3O/c1-19-17(22)12-7-2-3-8-14(12)21-15-9-16(18)20-10-13(15)11-5-4-6-11/h2-3,7-11H,4-6H2,1H3,(H,19,22)(H,20,21). The van der Waals surface area contributed by atoms with Crippen LogP contribution in [0.15, 0.2) is 36.5 Å². The maximum atomic E-state index is 12.0. The molecule has 0 aliphatic heterocycles. The number of carbonyl (C=O) groups excluding carboxylic acids is 1. The third kappa shape index (κ3) is 2.84. The summed E-state index contributed by atoms with van der Waals surface area (Å²) in [4.78, 5) is 16.2. The number of anilines is 2. The molecule has 22 heavy (non-hydrogen) atoms. The molecule has 1 aromatic heterocycles. The van der Waals surface area contributed by atoms with Gasteiger partial charge in [-0.3, -0.25) is 9.78 Å². The molecule has 1 amide bonds. The van der Waals surface area contributed by atoms with Crippen LogP contribution in [0.5, 0.6) is 0 Å². The van der Waals surface area contributed by atoms with Crippen molar-refractivity contribution in [3.63, 3.8) is 0 Å². The van der Waals surface area contributed by atoms with Crippen LogP contribution in [0.3, 0.4) is 0 Å². The Balaban J connectivity index is 1.96. The van der Waals surface area contributed by atoms with E-state index in [9.17, 15) is 4.79 Å². The van der Waals surface area contributed by atoms with Crippen LogP contribution in [0.2, 0.25) is 0 Å². The zero-order valence-corrected chi connectivity index (χ0v) is 12.6. The van der Waals surface area contributed by atoms with E-state index < -0.39 is 0 Å². The Morgan fingerprint density at radius 3 is 2.73 bits per heavy atom. The molecule has 1 heterocycles. The number of rotatable bonds is 4. The van der Waals surface area contributed by atoms with E-state index in [1.807, 2.05) is 30.5 Å². The van der Waals surface area contributed by atoms with E-state index in [2.05, 4.69) is 15.6 Å². The lowest BCUT2D eigenvalue weighted by Crippen LogP contribution is -2.20. The molecule has 0 atom stereocenters. The number of para-hydroxylation sites is 1. The average Bonchev–Trinajstić information content (AvgIpc) is 2.48. The number of benzene rings is 1. The third-order valence-corrected chi connectivity index (χ3v) is 4.17. The Morgan fingerprint density at radius 2 is 2.05 bits per heavy atom. The predicted molar refractivity (Wildman–Crippen MR) is 89.3 cm³/mol. The van der Waals surface area contributed by atoms with E-state index in [-0.39, 0.29) is 5.91 Å². The lowest BCUT2D eigenvalue weighted by Gasteiger charge is -2.28. The van der Waals surface area contributed by atoms with Crippen LogP contribution in [0, 0.1) is 0 Å². The lowest BCUT2D eigenvalue weighted by atomic mass is 9.79. The third-order valence-electron chi connectivity index (χ3n) is 4.17. The number of carbonyl (C=O) groups is 1. The highest BCUT2D eigenvalue weighted by Crippen LogP contribution is 2.40. The highest BCUT2D eigenvalue weighted by Gasteiger charge is 2.23. The van der Waals surface area contributed by atoms with Crippen LogP contribution in [-0.2, 0) is 0 Å². The first-order chi connectivity index (χ1) is 10.7. The van der Waals surface area contributed by atoms with Crippen molar-refractivity contribution in [3.8, 4) is 0 Å². The Kier molecular flexibility index (Phi) is 4.14. The SMILES string of the molecule is [B]c1cc(Nc2ccccc2C(=O)NC)c(C2CCC2)cn1. The van der Waals surface area contributed by atoms with E-state index in [1.54, 1.807) is 13.1 Å². The summed E-state index contributed by atoms with van der Waals surface area (Å²) in [7, 11) is 7.46. The van der Waals surface area contributed by atoms with Crippen LogP contribution in [-0.4, -0.2) is 25.8 Å². The molecule has 110 valence electrons. The van der Waals surface area contributed by atoms with Crippen molar-refractivity contribution in [1.82, 2.24) is 10.3 Å². The Hall–Kier alpha value is -2.30. The topological polar surface area (TPSA) is 54.0 Å². The highest BCUT2D eigenvalue weighted by atomic mass is 16.1. The van der Waals surface area contributed by atoms with E-state index >= 15 is 0 Å². The van der Waals surface area contributed by atoms with E-state index in [0.29, 0.717) is 17.1 Å². The second-order valence-corrected chi connectivity index (χ2v) is 5.57. The number of hydrogen-bond acceptors (Lipinski definition) is 3. The minimum absolute atomic E-state index is 0.115. The van der Waals surface area contributed by atoms with E-state index in [1.165, 1.54) is 24.8 Å². The molecular formula is C17H18BN3O. The van der Waals surface area contributed by atoms with Gasteiger partial charge in [-0.15, -0.1) is 0 Å². The Morgan fingerprint density at radius 1 is 1.27 bits per heavy atom. The molecule has 1 saturated carbocycles. The average molecular weight is 291 g/mol. The minimum atomic E-state index is -0.115. The Labute approximate surface area is 131 Å². The van der Waals surface area contributed by atoms with Gasteiger partial charge in [0.15, 0.2) is 0 Å². The summed E-state index contributed by atoms with van der Waals surface area (Å²) in [6.45, 7) is 0. The summed E-state index contributed by atoms with van der Waals surface area (Å²) in [6.07, 6.45) is 5.46. The number of amides is 1. The number of pyridine rings is 1. The van der Waals surface area contributed by atoms with Crippen molar-refractivity contribution in [2.75, 3.05) is 12.4 Å². The van der Waals surface area contributed by atoms with Crippen molar-refractivity contribution in [2.45, 2.75) is 25.2 Å². The van der Waals surface area contributed by atoms with Gasteiger partial charge in [0.25, 0.3) is 5.91 Å².